The summed E-state index contributed by atoms with van der Waals surface area (Å²) in [4.78, 5) is 0.595. The van der Waals surface area contributed by atoms with Gasteiger partial charge in [0.1, 0.15) is 0 Å². The summed E-state index contributed by atoms with van der Waals surface area (Å²) in [6.45, 7) is 0. The van der Waals surface area contributed by atoms with E-state index in [4.69, 9.17) is 16.9 Å². The molecule has 6 heteroatoms. The molecule has 80 valence electrons. The lowest BCUT2D eigenvalue weighted by Crippen LogP contribution is -2.00. The van der Waals surface area contributed by atoms with Gasteiger partial charge in [0.25, 0.3) is 0 Å². The Labute approximate surface area is 98.0 Å². The molecule has 0 aromatic heterocycles. The average molecular weight is 262 g/mol. The lowest BCUT2D eigenvalue weighted by molar-refractivity contribution is 0.600. The van der Waals surface area contributed by atoms with Crippen LogP contribution in [0.25, 0.3) is 0 Å². The lowest BCUT2D eigenvalue weighted by Gasteiger charge is -2.07. The molecule has 0 aliphatic heterocycles. The maximum atomic E-state index is 11.5. The maximum absolute atomic E-state index is 11.5. The molecule has 15 heavy (non-hydrogen) atoms. The van der Waals surface area contributed by atoms with Crippen molar-refractivity contribution in [3.63, 3.8) is 0 Å². The molecule has 0 aliphatic rings. The van der Waals surface area contributed by atoms with Crippen LogP contribution in [0.4, 0.5) is 0 Å². The number of nitriles is 1. The molecule has 1 aromatic rings. The van der Waals surface area contributed by atoms with Crippen molar-refractivity contribution in [2.75, 3.05) is 12.5 Å². The van der Waals surface area contributed by atoms with E-state index < -0.39 is 9.84 Å². The number of nitrogens with zero attached hydrogens (tertiary/aromatic N) is 1. The zero-order valence-corrected chi connectivity index (χ0v) is 10.5. The second kappa shape index (κ2) is 4.44. The highest BCUT2D eigenvalue weighted by Crippen LogP contribution is 2.33. The van der Waals surface area contributed by atoms with Gasteiger partial charge in [0.05, 0.1) is 21.6 Å². The van der Waals surface area contributed by atoms with E-state index in [1.54, 1.807) is 6.26 Å². The van der Waals surface area contributed by atoms with E-state index in [9.17, 15) is 8.42 Å². The molecular formula is C9H8ClNO2S2. The van der Waals surface area contributed by atoms with Gasteiger partial charge in [-0.1, -0.05) is 11.6 Å². The summed E-state index contributed by atoms with van der Waals surface area (Å²) in [7, 11) is -3.36. The van der Waals surface area contributed by atoms with Crippen molar-refractivity contribution < 1.29 is 8.42 Å². The number of benzene rings is 1. The summed E-state index contributed by atoms with van der Waals surface area (Å²) >= 11 is 7.13. The molecule has 0 saturated carbocycles. The van der Waals surface area contributed by atoms with Crippen molar-refractivity contribution in [1.29, 1.82) is 5.26 Å². The molecule has 0 bridgehead atoms. The van der Waals surface area contributed by atoms with Crippen LogP contribution < -0.4 is 0 Å². The molecule has 0 spiro atoms. The summed E-state index contributed by atoms with van der Waals surface area (Å²) in [5.41, 5.74) is 0.248. The molecule has 0 atom stereocenters. The first kappa shape index (κ1) is 12.4. The Morgan fingerprint density at radius 2 is 2.07 bits per heavy atom. The van der Waals surface area contributed by atoms with Crippen molar-refractivity contribution in [2.45, 2.75) is 9.79 Å². The number of hydrogen-bond acceptors (Lipinski definition) is 4. The van der Waals surface area contributed by atoms with Crippen LogP contribution in [0.5, 0.6) is 0 Å². The zero-order chi connectivity index (χ0) is 11.6. The van der Waals surface area contributed by atoms with Gasteiger partial charge in [0.15, 0.2) is 9.84 Å². The van der Waals surface area contributed by atoms with Crippen LogP contribution in [0.15, 0.2) is 21.9 Å². The topological polar surface area (TPSA) is 57.9 Å². The molecular weight excluding hydrogens is 254 g/mol. The van der Waals surface area contributed by atoms with E-state index in [2.05, 4.69) is 0 Å². The summed E-state index contributed by atoms with van der Waals surface area (Å²) in [6, 6.07) is 4.67. The quantitative estimate of drug-likeness (QED) is 0.767. The van der Waals surface area contributed by atoms with Crippen LogP contribution in [0.3, 0.4) is 0 Å². The van der Waals surface area contributed by atoms with Crippen molar-refractivity contribution >= 4 is 33.2 Å². The Balaban J connectivity index is 3.63. The van der Waals surface area contributed by atoms with Gasteiger partial charge in [-0.05, 0) is 18.4 Å². The molecule has 0 radical (unpaired) electrons. The van der Waals surface area contributed by atoms with Crippen molar-refractivity contribution in [3.05, 3.63) is 22.7 Å². The van der Waals surface area contributed by atoms with E-state index in [-0.39, 0.29) is 10.5 Å². The second-order valence-electron chi connectivity index (χ2n) is 2.87. The van der Waals surface area contributed by atoms with Crippen molar-refractivity contribution in [2.24, 2.45) is 0 Å². The molecule has 0 unspecified atom stereocenters. The third-order valence-corrected chi connectivity index (χ3v) is 4.25. The van der Waals surface area contributed by atoms with Gasteiger partial charge in [-0.25, -0.2) is 8.42 Å². The summed E-state index contributed by atoms with van der Waals surface area (Å²) < 4.78 is 22.9. The fraction of sp³-hybridized carbons (Fsp3) is 0.222. The van der Waals surface area contributed by atoms with Gasteiger partial charge in [0, 0.05) is 11.2 Å². The first-order valence-electron chi connectivity index (χ1n) is 3.88. The highest BCUT2D eigenvalue weighted by molar-refractivity contribution is 7.99. The first-order valence-corrected chi connectivity index (χ1v) is 7.37. The summed E-state index contributed by atoms with van der Waals surface area (Å²) in [5.74, 6) is 0. The van der Waals surface area contributed by atoms with Crippen LogP contribution in [0.1, 0.15) is 5.56 Å². The van der Waals surface area contributed by atoms with E-state index in [0.717, 1.165) is 6.26 Å². The smallest absolute Gasteiger partial charge is 0.176 e. The standard InChI is InChI=1S/C9H8ClNO2S2/c1-14-9-7(10)3-6(5-11)4-8(9)15(2,12)13/h3-4H,1-2H3. The van der Waals surface area contributed by atoms with Crippen molar-refractivity contribution in [3.8, 4) is 6.07 Å². The highest BCUT2D eigenvalue weighted by Gasteiger charge is 2.17. The molecule has 0 saturated heterocycles. The summed E-state index contributed by atoms with van der Waals surface area (Å²) in [6.07, 6.45) is 2.83. The largest absolute Gasteiger partial charge is 0.224 e. The minimum atomic E-state index is -3.36. The molecule has 0 fully saturated rings. The summed E-state index contributed by atoms with van der Waals surface area (Å²) in [5, 5.41) is 9.00. The molecule has 0 heterocycles. The molecule has 0 aliphatic carbocycles. The van der Waals surface area contributed by atoms with Gasteiger partial charge in [-0.15, -0.1) is 11.8 Å². The first-order chi connectivity index (χ1) is 6.90. The van der Waals surface area contributed by atoms with E-state index in [1.807, 2.05) is 6.07 Å². The number of rotatable bonds is 2. The van der Waals surface area contributed by atoms with E-state index in [0.29, 0.717) is 9.92 Å². The molecule has 0 amide bonds. The van der Waals surface area contributed by atoms with Crippen LogP contribution in [-0.4, -0.2) is 20.9 Å². The third kappa shape index (κ3) is 2.65. The third-order valence-electron chi connectivity index (χ3n) is 1.74. The van der Waals surface area contributed by atoms with Crippen LogP contribution in [0.2, 0.25) is 5.02 Å². The number of halogens is 1. The fourth-order valence-electron chi connectivity index (χ4n) is 1.11. The Kier molecular flexibility index (Phi) is 3.66. The maximum Gasteiger partial charge on any atom is 0.176 e. The van der Waals surface area contributed by atoms with Crippen molar-refractivity contribution in [1.82, 2.24) is 0 Å². The molecule has 3 nitrogen and oxygen atoms in total. The normalized spacial score (nSPS) is 11.1. The minimum Gasteiger partial charge on any atom is -0.224 e. The minimum absolute atomic E-state index is 0.110. The van der Waals surface area contributed by atoms with Gasteiger partial charge >= 0.3 is 0 Å². The van der Waals surface area contributed by atoms with E-state index >= 15 is 0 Å². The SMILES string of the molecule is CSc1c(Cl)cc(C#N)cc1S(C)(=O)=O. The fourth-order valence-corrected chi connectivity index (χ4v) is 3.62. The van der Waals surface area contributed by atoms with Crippen LogP contribution in [0, 0.1) is 11.3 Å². The predicted molar refractivity (Wildman–Crippen MR) is 61.1 cm³/mol. The van der Waals surface area contributed by atoms with Gasteiger partial charge in [0.2, 0.25) is 0 Å². The average Bonchev–Trinajstić information content (AvgIpc) is 2.15. The van der Waals surface area contributed by atoms with Gasteiger partial charge in [-0.3, -0.25) is 0 Å². The van der Waals surface area contributed by atoms with E-state index in [1.165, 1.54) is 23.9 Å². The van der Waals surface area contributed by atoms with Gasteiger partial charge in [-0.2, -0.15) is 5.26 Å². The molecule has 1 aromatic carbocycles. The highest BCUT2D eigenvalue weighted by atomic mass is 35.5. The van der Waals surface area contributed by atoms with Gasteiger partial charge < -0.3 is 0 Å². The Bertz CT molecular complexity index is 532. The van der Waals surface area contributed by atoms with Crippen LogP contribution >= 0.6 is 23.4 Å². The Morgan fingerprint density at radius 3 is 2.47 bits per heavy atom. The Morgan fingerprint density at radius 1 is 1.47 bits per heavy atom. The second-order valence-corrected chi connectivity index (χ2v) is 6.08. The van der Waals surface area contributed by atoms with Crippen LogP contribution in [-0.2, 0) is 9.84 Å². The number of hydrogen-bond donors (Lipinski definition) is 0. The lowest BCUT2D eigenvalue weighted by atomic mass is 10.2. The molecule has 0 N–H and O–H groups in total. The predicted octanol–water partition coefficient (Wildman–Crippen LogP) is 2.34. The number of sulfone groups is 1. The number of thioether (sulfide) groups is 1. The molecule has 1 rings (SSSR count). The zero-order valence-electron chi connectivity index (χ0n) is 8.11. The monoisotopic (exact) mass is 261 g/mol. The Hall–Kier alpha value is -0.700.